The fourth-order valence-corrected chi connectivity index (χ4v) is 1.61. The number of ether oxygens (including phenoxy) is 1. The standard InChI is InChI=1S/C16H14F2N2O2/c1-11(12-2-4-13(17)5-3-12)19-20-16(21)10-22-15-8-6-14(18)7-9-15/h2-9H,10H2,1H3,(H,20,21)/b19-11+. The number of rotatable bonds is 5. The largest absolute Gasteiger partial charge is 0.484 e. The summed E-state index contributed by atoms with van der Waals surface area (Å²) in [7, 11) is 0. The number of amides is 1. The van der Waals surface area contributed by atoms with Crippen molar-refractivity contribution in [2.45, 2.75) is 6.92 Å². The maximum absolute atomic E-state index is 12.8. The molecular formula is C16H14F2N2O2. The van der Waals surface area contributed by atoms with Gasteiger partial charge in [0.25, 0.3) is 5.91 Å². The zero-order chi connectivity index (χ0) is 15.9. The number of nitrogens with one attached hydrogen (secondary N) is 1. The fraction of sp³-hybridized carbons (Fsp3) is 0.125. The Morgan fingerprint density at radius 2 is 1.59 bits per heavy atom. The van der Waals surface area contributed by atoms with E-state index in [4.69, 9.17) is 4.74 Å². The Morgan fingerprint density at radius 1 is 1.05 bits per heavy atom. The molecule has 0 heterocycles. The Labute approximate surface area is 126 Å². The second-order valence-corrected chi connectivity index (χ2v) is 4.48. The molecule has 2 aromatic carbocycles. The van der Waals surface area contributed by atoms with E-state index in [2.05, 4.69) is 10.5 Å². The van der Waals surface area contributed by atoms with Gasteiger partial charge in [-0.3, -0.25) is 4.79 Å². The maximum atomic E-state index is 12.8. The summed E-state index contributed by atoms with van der Waals surface area (Å²) >= 11 is 0. The zero-order valence-corrected chi connectivity index (χ0v) is 11.8. The van der Waals surface area contributed by atoms with Gasteiger partial charge >= 0.3 is 0 Å². The van der Waals surface area contributed by atoms with E-state index in [1.165, 1.54) is 36.4 Å². The summed E-state index contributed by atoms with van der Waals surface area (Å²) in [5.74, 6) is -0.786. The van der Waals surface area contributed by atoms with Gasteiger partial charge in [0.15, 0.2) is 6.61 Å². The molecule has 4 nitrogen and oxygen atoms in total. The Balaban J connectivity index is 1.85. The molecule has 0 unspecified atom stereocenters. The summed E-state index contributed by atoms with van der Waals surface area (Å²) in [5, 5.41) is 3.91. The summed E-state index contributed by atoms with van der Waals surface area (Å²) in [4.78, 5) is 11.6. The van der Waals surface area contributed by atoms with Crippen LogP contribution in [0.2, 0.25) is 0 Å². The van der Waals surface area contributed by atoms with Crippen molar-refractivity contribution in [2.24, 2.45) is 5.10 Å². The first kappa shape index (κ1) is 15.6. The SMILES string of the molecule is C/C(=N\NC(=O)COc1ccc(F)cc1)c1ccc(F)cc1. The molecule has 0 fully saturated rings. The van der Waals surface area contributed by atoms with E-state index in [0.717, 1.165) is 0 Å². The van der Waals surface area contributed by atoms with Crippen LogP contribution in [-0.4, -0.2) is 18.2 Å². The second kappa shape index (κ2) is 7.31. The molecule has 114 valence electrons. The average molecular weight is 304 g/mol. The lowest BCUT2D eigenvalue weighted by molar-refractivity contribution is -0.123. The van der Waals surface area contributed by atoms with Gasteiger partial charge in [-0.05, 0) is 48.9 Å². The highest BCUT2D eigenvalue weighted by molar-refractivity contribution is 5.99. The minimum atomic E-state index is -0.453. The summed E-state index contributed by atoms with van der Waals surface area (Å²) in [5.41, 5.74) is 3.57. The molecule has 0 aliphatic heterocycles. The predicted octanol–water partition coefficient (Wildman–Crippen LogP) is 2.88. The minimum absolute atomic E-state index is 0.244. The normalized spacial score (nSPS) is 11.1. The molecule has 1 amide bonds. The molecule has 2 rings (SSSR count). The Hall–Kier alpha value is -2.76. The molecule has 22 heavy (non-hydrogen) atoms. The summed E-state index contributed by atoms with van der Waals surface area (Å²) in [6.45, 7) is 1.44. The molecule has 0 saturated carbocycles. The third-order valence-electron chi connectivity index (χ3n) is 2.79. The van der Waals surface area contributed by atoms with E-state index in [1.54, 1.807) is 19.1 Å². The molecule has 6 heteroatoms. The van der Waals surface area contributed by atoms with Crippen LogP contribution in [0.5, 0.6) is 5.75 Å². The van der Waals surface area contributed by atoms with Gasteiger partial charge in [0.2, 0.25) is 0 Å². The lowest BCUT2D eigenvalue weighted by Crippen LogP contribution is -2.25. The molecule has 0 aromatic heterocycles. The predicted molar refractivity (Wildman–Crippen MR) is 78.6 cm³/mol. The first-order chi connectivity index (χ1) is 10.5. The van der Waals surface area contributed by atoms with Crippen molar-refractivity contribution in [3.63, 3.8) is 0 Å². The van der Waals surface area contributed by atoms with Gasteiger partial charge in [0.1, 0.15) is 17.4 Å². The van der Waals surface area contributed by atoms with E-state index in [0.29, 0.717) is 17.0 Å². The van der Waals surface area contributed by atoms with Crippen LogP contribution in [0.25, 0.3) is 0 Å². The van der Waals surface area contributed by atoms with Crippen LogP contribution in [-0.2, 0) is 4.79 Å². The molecule has 2 aromatic rings. The van der Waals surface area contributed by atoms with Crippen LogP contribution in [0.4, 0.5) is 8.78 Å². The van der Waals surface area contributed by atoms with Crippen LogP contribution in [0.3, 0.4) is 0 Å². The van der Waals surface area contributed by atoms with Crippen molar-refractivity contribution in [1.29, 1.82) is 0 Å². The second-order valence-electron chi connectivity index (χ2n) is 4.48. The van der Waals surface area contributed by atoms with Gasteiger partial charge in [-0.1, -0.05) is 12.1 Å². The zero-order valence-electron chi connectivity index (χ0n) is 11.8. The molecule has 1 N–H and O–H groups in total. The number of hydrogen-bond acceptors (Lipinski definition) is 3. The Morgan fingerprint density at radius 3 is 2.18 bits per heavy atom. The van der Waals surface area contributed by atoms with Gasteiger partial charge in [-0.2, -0.15) is 5.10 Å². The summed E-state index contributed by atoms with van der Waals surface area (Å²) < 4.78 is 30.7. The topological polar surface area (TPSA) is 50.7 Å². The van der Waals surface area contributed by atoms with Crippen molar-refractivity contribution in [1.82, 2.24) is 5.43 Å². The average Bonchev–Trinajstić information content (AvgIpc) is 2.52. The Kier molecular flexibility index (Phi) is 5.19. The van der Waals surface area contributed by atoms with Crippen molar-refractivity contribution in [3.8, 4) is 5.75 Å². The van der Waals surface area contributed by atoms with E-state index in [1.807, 2.05) is 0 Å². The Bertz CT molecular complexity index is 668. The first-order valence-electron chi connectivity index (χ1n) is 6.52. The molecule has 0 radical (unpaired) electrons. The van der Waals surface area contributed by atoms with Gasteiger partial charge in [-0.15, -0.1) is 0 Å². The lowest BCUT2D eigenvalue weighted by Gasteiger charge is -2.05. The highest BCUT2D eigenvalue weighted by atomic mass is 19.1. The minimum Gasteiger partial charge on any atom is -0.484 e. The molecule has 0 spiro atoms. The van der Waals surface area contributed by atoms with Crippen molar-refractivity contribution < 1.29 is 18.3 Å². The number of benzene rings is 2. The molecule has 0 aliphatic carbocycles. The van der Waals surface area contributed by atoms with E-state index < -0.39 is 5.91 Å². The third kappa shape index (κ3) is 4.66. The van der Waals surface area contributed by atoms with Crippen LogP contribution in [0.15, 0.2) is 53.6 Å². The molecule has 0 saturated heterocycles. The number of nitrogens with zero attached hydrogens (tertiary/aromatic N) is 1. The fourth-order valence-electron chi connectivity index (χ4n) is 1.61. The highest BCUT2D eigenvalue weighted by Crippen LogP contribution is 2.10. The molecular weight excluding hydrogens is 290 g/mol. The van der Waals surface area contributed by atoms with Gasteiger partial charge in [0.05, 0.1) is 5.71 Å². The number of hydrazone groups is 1. The van der Waals surface area contributed by atoms with Crippen molar-refractivity contribution in [3.05, 3.63) is 65.7 Å². The number of carbonyl (C=O) groups excluding carboxylic acids is 1. The van der Waals surface area contributed by atoms with Gasteiger partial charge in [0, 0.05) is 0 Å². The number of hydrogen-bond donors (Lipinski definition) is 1. The van der Waals surface area contributed by atoms with Crippen molar-refractivity contribution >= 4 is 11.6 Å². The van der Waals surface area contributed by atoms with Gasteiger partial charge in [-0.25, -0.2) is 14.2 Å². The summed E-state index contributed by atoms with van der Waals surface area (Å²) in [6, 6.07) is 11.1. The van der Waals surface area contributed by atoms with E-state index in [-0.39, 0.29) is 18.2 Å². The third-order valence-corrected chi connectivity index (χ3v) is 2.79. The summed E-state index contributed by atoms with van der Waals surface area (Å²) in [6.07, 6.45) is 0. The number of halogens is 2. The van der Waals surface area contributed by atoms with E-state index >= 15 is 0 Å². The van der Waals surface area contributed by atoms with Crippen LogP contribution in [0.1, 0.15) is 12.5 Å². The highest BCUT2D eigenvalue weighted by Gasteiger charge is 2.03. The molecule has 0 aliphatic rings. The lowest BCUT2D eigenvalue weighted by atomic mass is 10.1. The quantitative estimate of drug-likeness (QED) is 0.682. The smallest absolute Gasteiger partial charge is 0.277 e. The van der Waals surface area contributed by atoms with Crippen LogP contribution in [0, 0.1) is 11.6 Å². The van der Waals surface area contributed by atoms with E-state index in [9.17, 15) is 13.6 Å². The number of carbonyl (C=O) groups is 1. The molecule has 0 atom stereocenters. The van der Waals surface area contributed by atoms with Gasteiger partial charge < -0.3 is 4.74 Å². The van der Waals surface area contributed by atoms with Crippen LogP contribution < -0.4 is 10.2 Å². The molecule has 0 bridgehead atoms. The maximum Gasteiger partial charge on any atom is 0.277 e. The monoisotopic (exact) mass is 304 g/mol. The first-order valence-corrected chi connectivity index (χ1v) is 6.52. The van der Waals surface area contributed by atoms with Crippen molar-refractivity contribution in [2.75, 3.05) is 6.61 Å². The van der Waals surface area contributed by atoms with Crippen LogP contribution >= 0.6 is 0 Å².